The first kappa shape index (κ1) is 16.5. The average molecular weight is 391 g/mol. The Morgan fingerprint density at radius 2 is 1.82 bits per heavy atom. The van der Waals surface area contributed by atoms with E-state index < -0.39 is 0 Å². The first-order valence-corrected chi connectivity index (χ1v) is 10.9. The van der Waals surface area contributed by atoms with Crippen LogP contribution < -0.4 is 11.1 Å². The molecule has 0 radical (unpaired) electrons. The van der Waals surface area contributed by atoms with Crippen LogP contribution in [0.1, 0.15) is 32.1 Å². The topological polar surface area (TPSA) is 67.5 Å². The van der Waals surface area contributed by atoms with Gasteiger partial charge in [0.25, 0.3) is 0 Å². The van der Waals surface area contributed by atoms with Gasteiger partial charge in [-0.1, -0.05) is 18.2 Å². The maximum absolute atomic E-state index is 12.4. The molecule has 4 fully saturated rings. The van der Waals surface area contributed by atoms with Crippen molar-refractivity contribution in [2.45, 2.75) is 32.1 Å². The smallest absolute Gasteiger partial charge is 0.345 e. The summed E-state index contributed by atoms with van der Waals surface area (Å²) in [4.78, 5) is 17.0. The van der Waals surface area contributed by atoms with Crippen LogP contribution in [0.25, 0.3) is 22.2 Å². The number of hydrazone groups is 1. The fourth-order valence-corrected chi connectivity index (χ4v) is 6.30. The fourth-order valence-electron chi connectivity index (χ4n) is 5.65. The lowest BCUT2D eigenvalue weighted by atomic mass is 9.55. The first-order chi connectivity index (χ1) is 13.7. The van der Waals surface area contributed by atoms with Gasteiger partial charge in [-0.05, 0) is 67.9 Å². The number of fused-ring (bicyclic) bond motifs is 1. The Morgan fingerprint density at radius 1 is 1.07 bits per heavy atom. The first-order valence-electron chi connectivity index (χ1n) is 10.0. The highest BCUT2D eigenvalue weighted by Crippen LogP contribution is 2.52. The van der Waals surface area contributed by atoms with E-state index in [0.717, 1.165) is 22.4 Å². The van der Waals surface area contributed by atoms with Crippen molar-refractivity contribution in [3.8, 4) is 11.3 Å². The Labute approximate surface area is 166 Å². The molecule has 0 saturated heterocycles. The molecule has 0 aliphatic heterocycles. The Kier molecular flexibility index (Phi) is 3.69. The van der Waals surface area contributed by atoms with E-state index in [1.165, 1.54) is 49.2 Å². The van der Waals surface area contributed by atoms with E-state index in [9.17, 15) is 4.79 Å². The van der Waals surface area contributed by atoms with Crippen LogP contribution in [0.4, 0.5) is 5.13 Å². The zero-order valence-electron chi connectivity index (χ0n) is 15.4. The fraction of sp³-hybridized carbons (Fsp3) is 0.409. The molecule has 2 heterocycles. The van der Waals surface area contributed by atoms with Gasteiger partial charge in [-0.15, -0.1) is 11.3 Å². The van der Waals surface area contributed by atoms with E-state index in [1.807, 2.05) is 29.6 Å². The molecular formula is C22H21N3O2S. The Bertz CT molecular complexity index is 1120. The lowest BCUT2D eigenvalue weighted by molar-refractivity contribution is 0.108. The summed E-state index contributed by atoms with van der Waals surface area (Å²) in [6, 6.07) is 9.38. The van der Waals surface area contributed by atoms with Crippen LogP contribution in [0, 0.1) is 23.7 Å². The maximum atomic E-state index is 12.4. The largest absolute Gasteiger partial charge is 0.422 e. The second-order valence-electron chi connectivity index (χ2n) is 8.48. The van der Waals surface area contributed by atoms with Crippen molar-refractivity contribution in [1.82, 2.24) is 4.98 Å². The summed E-state index contributed by atoms with van der Waals surface area (Å²) in [5.74, 6) is 3.19. The SMILES string of the molecule is O=c1oc2ccccc2cc1-c1csc(NN=C2C3CC4CC(C3)CC2C4)n1. The predicted octanol–water partition coefficient (Wildman–Crippen LogP) is 5.14. The summed E-state index contributed by atoms with van der Waals surface area (Å²) in [5.41, 5.74) is 5.90. The van der Waals surface area contributed by atoms with Crippen molar-refractivity contribution in [3.05, 3.63) is 46.1 Å². The molecule has 4 aliphatic rings. The number of nitrogens with zero attached hydrogens (tertiary/aromatic N) is 2. The molecule has 2 aromatic heterocycles. The lowest BCUT2D eigenvalue weighted by Gasteiger charge is -2.50. The van der Waals surface area contributed by atoms with Gasteiger partial charge < -0.3 is 4.42 Å². The van der Waals surface area contributed by atoms with Crippen LogP contribution in [-0.2, 0) is 0 Å². The van der Waals surface area contributed by atoms with E-state index in [4.69, 9.17) is 9.52 Å². The summed E-state index contributed by atoms with van der Waals surface area (Å²) >= 11 is 1.47. The molecular weight excluding hydrogens is 370 g/mol. The lowest BCUT2D eigenvalue weighted by Crippen LogP contribution is -2.45. The third-order valence-electron chi connectivity index (χ3n) is 6.68. The summed E-state index contributed by atoms with van der Waals surface area (Å²) in [6.07, 6.45) is 6.70. The zero-order valence-corrected chi connectivity index (χ0v) is 16.2. The number of nitrogens with one attached hydrogen (secondary N) is 1. The molecule has 0 unspecified atom stereocenters. The van der Waals surface area contributed by atoms with Gasteiger partial charge >= 0.3 is 5.63 Å². The van der Waals surface area contributed by atoms with Crippen LogP contribution in [0.2, 0.25) is 0 Å². The highest BCUT2D eigenvalue weighted by Gasteiger charge is 2.46. The standard InChI is InChI=1S/C22H21N3O2S/c26-21-17(10-14-3-1-2-4-19(14)27-21)18-11-28-22(23-18)25-24-20-15-6-12-5-13(8-15)9-16(20)7-12/h1-4,10-13,15-16H,5-9H2,(H,23,25). The third kappa shape index (κ3) is 2.70. The van der Waals surface area contributed by atoms with Gasteiger partial charge in [0.05, 0.1) is 11.3 Å². The molecule has 5 nitrogen and oxygen atoms in total. The second-order valence-corrected chi connectivity index (χ2v) is 9.33. The molecule has 0 amide bonds. The van der Waals surface area contributed by atoms with E-state index in [1.54, 1.807) is 6.07 Å². The van der Waals surface area contributed by atoms with Gasteiger partial charge in [-0.2, -0.15) is 5.10 Å². The van der Waals surface area contributed by atoms with Gasteiger partial charge in [0.1, 0.15) is 5.58 Å². The van der Waals surface area contributed by atoms with Crippen molar-refractivity contribution in [2.75, 3.05) is 5.43 Å². The normalized spacial score (nSPS) is 28.1. The number of thiazole rings is 1. The second kappa shape index (κ2) is 6.27. The van der Waals surface area contributed by atoms with Crippen LogP contribution in [-0.4, -0.2) is 10.7 Å². The number of anilines is 1. The minimum atomic E-state index is -0.358. The van der Waals surface area contributed by atoms with Crippen molar-refractivity contribution >= 4 is 33.1 Å². The highest BCUT2D eigenvalue weighted by atomic mass is 32.1. The monoisotopic (exact) mass is 391 g/mol. The van der Waals surface area contributed by atoms with Crippen LogP contribution in [0.15, 0.2) is 50.0 Å². The van der Waals surface area contributed by atoms with E-state index >= 15 is 0 Å². The molecule has 142 valence electrons. The van der Waals surface area contributed by atoms with E-state index in [0.29, 0.717) is 28.7 Å². The zero-order chi connectivity index (χ0) is 18.7. The van der Waals surface area contributed by atoms with Gasteiger partial charge in [0.2, 0.25) is 5.13 Å². The van der Waals surface area contributed by atoms with Crippen molar-refractivity contribution in [2.24, 2.45) is 28.8 Å². The number of rotatable bonds is 3. The number of hydrogen-bond acceptors (Lipinski definition) is 6. The predicted molar refractivity (Wildman–Crippen MR) is 112 cm³/mol. The van der Waals surface area contributed by atoms with Gasteiger partial charge in [0, 0.05) is 16.5 Å². The van der Waals surface area contributed by atoms with Crippen molar-refractivity contribution in [3.63, 3.8) is 0 Å². The number of aromatic nitrogens is 1. The van der Waals surface area contributed by atoms with E-state index in [-0.39, 0.29) is 5.63 Å². The molecule has 4 saturated carbocycles. The van der Waals surface area contributed by atoms with Gasteiger partial charge in [-0.3, -0.25) is 5.43 Å². The molecule has 0 atom stereocenters. The molecule has 4 bridgehead atoms. The van der Waals surface area contributed by atoms with Gasteiger partial charge in [0.15, 0.2) is 0 Å². The Hall–Kier alpha value is -2.47. The van der Waals surface area contributed by atoms with Crippen LogP contribution >= 0.6 is 11.3 Å². The summed E-state index contributed by atoms with van der Waals surface area (Å²) in [7, 11) is 0. The van der Waals surface area contributed by atoms with E-state index in [2.05, 4.69) is 10.4 Å². The molecule has 28 heavy (non-hydrogen) atoms. The van der Waals surface area contributed by atoms with Crippen LogP contribution in [0.5, 0.6) is 0 Å². The molecule has 1 N–H and O–H groups in total. The maximum Gasteiger partial charge on any atom is 0.345 e. The quantitative estimate of drug-likeness (QED) is 0.496. The minimum absolute atomic E-state index is 0.358. The third-order valence-corrected chi connectivity index (χ3v) is 7.42. The summed E-state index contributed by atoms with van der Waals surface area (Å²) in [6.45, 7) is 0. The molecule has 1 aromatic carbocycles. The van der Waals surface area contributed by atoms with Gasteiger partial charge in [-0.25, -0.2) is 9.78 Å². The molecule has 6 heteroatoms. The number of hydrogen-bond donors (Lipinski definition) is 1. The molecule has 7 rings (SSSR count). The van der Waals surface area contributed by atoms with Crippen molar-refractivity contribution in [1.29, 1.82) is 0 Å². The average Bonchev–Trinajstić information content (AvgIpc) is 3.15. The van der Waals surface area contributed by atoms with Crippen molar-refractivity contribution < 1.29 is 4.42 Å². The highest BCUT2D eigenvalue weighted by molar-refractivity contribution is 7.14. The minimum Gasteiger partial charge on any atom is -0.422 e. The number of benzene rings is 1. The molecule has 3 aromatic rings. The summed E-state index contributed by atoms with van der Waals surface area (Å²) < 4.78 is 5.44. The summed E-state index contributed by atoms with van der Waals surface area (Å²) in [5, 5.41) is 8.30. The number of para-hydroxylation sites is 1. The molecule has 0 spiro atoms. The molecule has 4 aliphatic carbocycles. The Balaban J connectivity index is 1.27. The van der Waals surface area contributed by atoms with Crippen LogP contribution in [0.3, 0.4) is 0 Å². The Morgan fingerprint density at radius 3 is 2.61 bits per heavy atom.